The lowest BCUT2D eigenvalue weighted by atomic mass is 10.1. The first-order valence-electron chi connectivity index (χ1n) is 8.03. The zero-order chi connectivity index (χ0) is 18.8. The van der Waals surface area contributed by atoms with Crippen molar-refractivity contribution in [2.45, 2.75) is 10.9 Å². The van der Waals surface area contributed by atoms with Crippen molar-refractivity contribution < 1.29 is 4.39 Å². The van der Waals surface area contributed by atoms with Crippen LogP contribution in [0.3, 0.4) is 0 Å². The van der Waals surface area contributed by atoms with Crippen LogP contribution in [0, 0.1) is 17.1 Å². The van der Waals surface area contributed by atoms with E-state index in [-0.39, 0.29) is 11.4 Å². The molecule has 2 heterocycles. The largest absolute Gasteiger partial charge is 0.301 e. The van der Waals surface area contributed by atoms with Crippen molar-refractivity contribution in [3.8, 4) is 17.2 Å². The number of halogens is 1. The molecule has 1 N–H and O–H groups in total. The molecule has 2 aromatic carbocycles. The van der Waals surface area contributed by atoms with Gasteiger partial charge in [0.25, 0.3) is 5.56 Å². The molecule has 4 rings (SSSR count). The summed E-state index contributed by atoms with van der Waals surface area (Å²) < 4.78 is 13.1. The minimum atomic E-state index is -0.315. The summed E-state index contributed by atoms with van der Waals surface area (Å²) in [4.78, 5) is 20.6. The molecule has 2 aromatic heterocycles. The van der Waals surface area contributed by atoms with Gasteiger partial charge in [0.05, 0.1) is 17.0 Å². The Morgan fingerprint density at radius 1 is 1.22 bits per heavy atom. The number of nitrogens with one attached hydrogen (secondary N) is 1. The van der Waals surface area contributed by atoms with E-state index >= 15 is 0 Å². The quantitative estimate of drug-likeness (QED) is 0.393. The highest BCUT2D eigenvalue weighted by molar-refractivity contribution is 7.98. The molecule has 4 aromatic rings. The molecule has 7 heteroatoms. The van der Waals surface area contributed by atoms with E-state index in [9.17, 15) is 9.18 Å². The smallest absolute Gasteiger partial charge is 0.260 e. The summed E-state index contributed by atoms with van der Waals surface area (Å²) in [6, 6.07) is 15.5. The van der Waals surface area contributed by atoms with E-state index < -0.39 is 0 Å². The molecule has 0 aliphatic carbocycles. The van der Waals surface area contributed by atoms with Crippen LogP contribution in [0.25, 0.3) is 21.3 Å². The van der Waals surface area contributed by atoms with E-state index in [1.807, 2.05) is 23.6 Å². The van der Waals surface area contributed by atoms with E-state index in [0.29, 0.717) is 26.7 Å². The molecule has 132 valence electrons. The van der Waals surface area contributed by atoms with Crippen molar-refractivity contribution in [1.82, 2.24) is 9.97 Å². The Bertz CT molecular complexity index is 1220. The van der Waals surface area contributed by atoms with E-state index in [0.717, 1.165) is 16.7 Å². The van der Waals surface area contributed by atoms with Gasteiger partial charge in [-0.3, -0.25) is 4.79 Å². The maximum absolute atomic E-state index is 13.1. The zero-order valence-corrected chi connectivity index (χ0v) is 15.5. The number of benzene rings is 2. The second-order valence-electron chi connectivity index (χ2n) is 5.81. The second-order valence-corrected chi connectivity index (χ2v) is 7.63. The number of aromatic amines is 1. The summed E-state index contributed by atoms with van der Waals surface area (Å²) in [7, 11) is 0. The number of H-pyrrole nitrogens is 1. The normalized spacial score (nSPS) is 10.8. The third-order valence-corrected chi connectivity index (χ3v) is 5.83. The third-order valence-electron chi connectivity index (χ3n) is 4.01. The van der Waals surface area contributed by atoms with Gasteiger partial charge in [-0.25, -0.2) is 9.37 Å². The van der Waals surface area contributed by atoms with Crippen LogP contribution >= 0.6 is 23.1 Å². The molecule has 0 aliphatic rings. The average molecular weight is 393 g/mol. The molecule has 0 unspecified atom stereocenters. The molecule has 27 heavy (non-hydrogen) atoms. The number of thiophene rings is 1. The highest BCUT2D eigenvalue weighted by Gasteiger charge is 2.13. The summed E-state index contributed by atoms with van der Waals surface area (Å²) >= 11 is 2.80. The lowest BCUT2D eigenvalue weighted by Gasteiger charge is -2.03. The number of thioether (sulfide) groups is 1. The first-order valence-corrected chi connectivity index (χ1v) is 9.90. The third kappa shape index (κ3) is 3.63. The van der Waals surface area contributed by atoms with Gasteiger partial charge >= 0.3 is 0 Å². The molecule has 0 fully saturated rings. The predicted octanol–water partition coefficient (Wildman–Crippen LogP) is 4.95. The van der Waals surface area contributed by atoms with Crippen molar-refractivity contribution >= 4 is 33.3 Å². The Hall–Kier alpha value is -2.95. The van der Waals surface area contributed by atoms with E-state index in [1.54, 1.807) is 18.2 Å². The van der Waals surface area contributed by atoms with Gasteiger partial charge < -0.3 is 4.98 Å². The molecule has 0 spiro atoms. The lowest BCUT2D eigenvalue weighted by Crippen LogP contribution is -2.08. The topological polar surface area (TPSA) is 69.5 Å². The first kappa shape index (κ1) is 17.5. The van der Waals surface area contributed by atoms with Gasteiger partial charge in [-0.05, 0) is 35.4 Å². The summed E-state index contributed by atoms with van der Waals surface area (Å²) in [6.07, 6.45) is 0. The molecular weight excluding hydrogens is 381 g/mol. The van der Waals surface area contributed by atoms with Crippen LogP contribution in [0.5, 0.6) is 0 Å². The maximum atomic E-state index is 13.1. The minimum Gasteiger partial charge on any atom is -0.301 e. The van der Waals surface area contributed by atoms with Crippen LogP contribution in [0.1, 0.15) is 11.1 Å². The molecule has 0 amide bonds. The van der Waals surface area contributed by atoms with Gasteiger partial charge in [0.2, 0.25) is 0 Å². The first-order chi connectivity index (χ1) is 13.1. The number of aromatic nitrogens is 2. The number of hydrogen-bond acceptors (Lipinski definition) is 5. The second kappa shape index (κ2) is 7.35. The number of nitrogens with zero attached hydrogens (tertiary/aromatic N) is 2. The maximum Gasteiger partial charge on any atom is 0.260 e. The van der Waals surface area contributed by atoms with Crippen LogP contribution in [0.15, 0.2) is 63.9 Å². The number of fused-ring (bicyclic) bond motifs is 1. The van der Waals surface area contributed by atoms with Crippen molar-refractivity contribution in [3.63, 3.8) is 0 Å². The molecule has 0 radical (unpaired) electrons. The van der Waals surface area contributed by atoms with Crippen molar-refractivity contribution in [2.75, 3.05) is 0 Å². The van der Waals surface area contributed by atoms with E-state index in [2.05, 4.69) is 16.0 Å². The van der Waals surface area contributed by atoms with Crippen LogP contribution < -0.4 is 5.56 Å². The van der Waals surface area contributed by atoms with Crippen molar-refractivity contribution in [2.24, 2.45) is 0 Å². The Morgan fingerprint density at radius 3 is 2.81 bits per heavy atom. The van der Waals surface area contributed by atoms with E-state index in [4.69, 9.17) is 5.26 Å². The molecule has 0 bridgehead atoms. The lowest BCUT2D eigenvalue weighted by molar-refractivity contribution is 0.628. The van der Waals surface area contributed by atoms with Crippen LogP contribution in [0.2, 0.25) is 0 Å². The molecule has 0 saturated carbocycles. The zero-order valence-electron chi connectivity index (χ0n) is 13.9. The van der Waals surface area contributed by atoms with Crippen molar-refractivity contribution in [1.29, 1.82) is 5.26 Å². The highest BCUT2D eigenvalue weighted by Crippen LogP contribution is 2.32. The predicted molar refractivity (Wildman–Crippen MR) is 106 cm³/mol. The SMILES string of the molecule is N#Cc1cccc(CSc2nc3scc(-c4ccc(F)cc4)c3c(=O)[nH]2)c1. The fourth-order valence-corrected chi connectivity index (χ4v) is 4.53. The van der Waals surface area contributed by atoms with Gasteiger partial charge in [0, 0.05) is 16.7 Å². The van der Waals surface area contributed by atoms with E-state index in [1.165, 1.54) is 35.2 Å². The molecule has 0 atom stereocenters. The van der Waals surface area contributed by atoms with Gasteiger partial charge in [0.15, 0.2) is 5.16 Å². The standard InChI is InChI=1S/C20H12FN3OS2/c21-15-6-4-14(5-7-15)16-11-26-19-17(16)18(25)23-20(24-19)27-10-13-3-1-2-12(8-13)9-22/h1-8,11H,10H2,(H,23,24,25). The molecule has 0 aliphatic heterocycles. The number of rotatable bonds is 4. The van der Waals surface area contributed by atoms with Gasteiger partial charge in [-0.15, -0.1) is 11.3 Å². The fourth-order valence-electron chi connectivity index (χ4n) is 2.72. The molecule has 0 saturated heterocycles. The molecular formula is C20H12FN3OS2. The van der Waals surface area contributed by atoms with Crippen molar-refractivity contribution in [3.05, 3.63) is 81.2 Å². The Morgan fingerprint density at radius 2 is 2.04 bits per heavy atom. The monoisotopic (exact) mass is 393 g/mol. The van der Waals surface area contributed by atoms with Crippen LogP contribution in [-0.4, -0.2) is 9.97 Å². The van der Waals surface area contributed by atoms with Crippen LogP contribution in [0.4, 0.5) is 4.39 Å². The van der Waals surface area contributed by atoms with Gasteiger partial charge in [-0.1, -0.05) is 36.0 Å². The summed E-state index contributed by atoms with van der Waals surface area (Å²) in [6.45, 7) is 0. The summed E-state index contributed by atoms with van der Waals surface area (Å²) in [5.41, 5.74) is 2.91. The van der Waals surface area contributed by atoms with Gasteiger partial charge in [0.1, 0.15) is 10.6 Å². The highest BCUT2D eigenvalue weighted by atomic mass is 32.2. The fraction of sp³-hybridized carbons (Fsp3) is 0.0500. The number of hydrogen-bond donors (Lipinski definition) is 1. The summed E-state index contributed by atoms with van der Waals surface area (Å²) in [5.74, 6) is 0.282. The molecule has 4 nitrogen and oxygen atoms in total. The summed E-state index contributed by atoms with van der Waals surface area (Å²) in [5, 5.41) is 11.9. The Balaban J connectivity index is 1.64. The average Bonchev–Trinajstić information content (AvgIpc) is 3.12. The Kier molecular flexibility index (Phi) is 4.75. The van der Waals surface area contributed by atoms with Gasteiger partial charge in [-0.2, -0.15) is 5.26 Å². The Labute approximate surface area is 162 Å². The number of nitriles is 1. The minimum absolute atomic E-state index is 0.214. The van der Waals surface area contributed by atoms with Crippen LogP contribution in [-0.2, 0) is 5.75 Å².